The molecule has 2 heterocycles. The summed E-state index contributed by atoms with van der Waals surface area (Å²) < 4.78 is 19.7. The van der Waals surface area contributed by atoms with E-state index in [1.165, 1.54) is 6.07 Å². The topological polar surface area (TPSA) is 48.3 Å². The highest BCUT2D eigenvalue weighted by Gasteiger charge is 2.30. The minimum absolute atomic E-state index is 0.0826. The van der Waals surface area contributed by atoms with E-state index in [2.05, 4.69) is 10.2 Å². The lowest BCUT2D eigenvalue weighted by Gasteiger charge is -2.35. The van der Waals surface area contributed by atoms with Gasteiger partial charge in [-0.3, -0.25) is 4.90 Å². The summed E-state index contributed by atoms with van der Waals surface area (Å²) in [6.07, 6.45) is 0.926. The van der Waals surface area contributed by atoms with Crippen molar-refractivity contribution in [3.8, 4) is 6.07 Å². The van der Waals surface area contributed by atoms with Crippen LogP contribution >= 0.6 is 0 Å². The molecule has 0 radical (unpaired) electrons. The highest BCUT2D eigenvalue weighted by Crippen LogP contribution is 2.29. The second kappa shape index (κ2) is 6.10. The average Bonchev–Trinajstić information content (AvgIpc) is 2.70. The standard InChI is InChI=1S/C16H20FN3O/c1-11-13(2-3-15(17)14(11)8-18)16-10-20-6-5-19-9-12(20)4-7-21-16/h2-3,12,16,19H,4-7,9-10H2,1H3/t12-,16+/m0/s1. The van der Waals surface area contributed by atoms with Gasteiger partial charge in [0.15, 0.2) is 0 Å². The molecule has 5 heteroatoms. The Balaban J connectivity index is 1.88. The molecule has 0 amide bonds. The van der Waals surface area contributed by atoms with Gasteiger partial charge < -0.3 is 10.1 Å². The zero-order valence-corrected chi connectivity index (χ0v) is 12.2. The molecule has 21 heavy (non-hydrogen) atoms. The normalized spacial score (nSPS) is 26.7. The Labute approximate surface area is 124 Å². The number of rotatable bonds is 1. The van der Waals surface area contributed by atoms with Gasteiger partial charge in [-0.1, -0.05) is 6.07 Å². The fraction of sp³-hybridized carbons (Fsp3) is 0.562. The number of hydrogen-bond donors (Lipinski definition) is 1. The van der Waals surface area contributed by atoms with Crippen LogP contribution in [-0.4, -0.2) is 43.7 Å². The van der Waals surface area contributed by atoms with E-state index in [1.54, 1.807) is 13.0 Å². The molecule has 0 spiro atoms. The molecule has 4 nitrogen and oxygen atoms in total. The van der Waals surface area contributed by atoms with Crippen molar-refractivity contribution in [1.82, 2.24) is 10.2 Å². The van der Waals surface area contributed by atoms with E-state index in [4.69, 9.17) is 10.00 Å². The predicted molar refractivity (Wildman–Crippen MR) is 77.4 cm³/mol. The van der Waals surface area contributed by atoms with Crippen LogP contribution in [0.1, 0.15) is 29.2 Å². The van der Waals surface area contributed by atoms with Gasteiger partial charge in [-0.2, -0.15) is 5.26 Å². The minimum atomic E-state index is -0.451. The molecule has 0 bridgehead atoms. The first-order valence-electron chi connectivity index (χ1n) is 7.46. The van der Waals surface area contributed by atoms with Gasteiger partial charge in [0.1, 0.15) is 11.9 Å². The number of nitriles is 1. The van der Waals surface area contributed by atoms with Gasteiger partial charge in [-0.25, -0.2) is 4.39 Å². The summed E-state index contributed by atoms with van der Waals surface area (Å²) in [6, 6.07) is 5.62. The van der Waals surface area contributed by atoms with Crippen molar-refractivity contribution < 1.29 is 9.13 Å². The van der Waals surface area contributed by atoms with Crippen molar-refractivity contribution in [3.63, 3.8) is 0 Å². The van der Waals surface area contributed by atoms with Crippen LogP contribution < -0.4 is 5.32 Å². The summed E-state index contributed by atoms with van der Waals surface area (Å²) in [6.45, 7) is 6.32. The zero-order chi connectivity index (χ0) is 14.8. The number of benzene rings is 1. The molecule has 2 atom stereocenters. The number of ether oxygens (including phenoxy) is 1. The van der Waals surface area contributed by atoms with Crippen LogP contribution in [0.3, 0.4) is 0 Å². The summed E-state index contributed by atoms with van der Waals surface area (Å²) >= 11 is 0. The third-order valence-electron chi connectivity index (χ3n) is 4.56. The number of piperazine rings is 1. The van der Waals surface area contributed by atoms with Crippen molar-refractivity contribution in [2.45, 2.75) is 25.5 Å². The van der Waals surface area contributed by atoms with Gasteiger partial charge in [-0.05, 0) is 30.5 Å². The number of nitrogens with zero attached hydrogens (tertiary/aromatic N) is 2. The molecule has 1 N–H and O–H groups in total. The van der Waals surface area contributed by atoms with Gasteiger partial charge in [0.2, 0.25) is 0 Å². The van der Waals surface area contributed by atoms with E-state index < -0.39 is 5.82 Å². The second-order valence-electron chi connectivity index (χ2n) is 5.75. The van der Waals surface area contributed by atoms with Crippen LogP contribution in [0.5, 0.6) is 0 Å². The first-order valence-corrected chi connectivity index (χ1v) is 7.46. The van der Waals surface area contributed by atoms with Crippen LogP contribution in [0.4, 0.5) is 4.39 Å². The second-order valence-corrected chi connectivity index (χ2v) is 5.75. The maximum absolute atomic E-state index is 13.7. The zero-order valence-electron chi connectivity index (χ0n) is 12.2. The largest absolute Gasteiger partial charge is 0.372 e. The van der Waals surface area contributed by atoms with Gasteiger partial charge in [-0.15, -0.1) is 0 Å². The fourth-order valence-corrected chi connectivity index (χ4v) is 3.31. The average molecular weight is 289 g/mol. The lowest BCUT2D eigenvalue weighted by molar-refractivity contribution is 0.0510. The van der Waals surface area contributed by atoms with E-state index in [0.29, 0.717) is 18.2 Å². The first-order chi connectivity index (χ1) is 10.2. The van der Waals surface area contributed by atoms with Crippen molar-refractivity contribution in [1.29, 1.82) is 5.26 Å². The van der Waals surface area contributed by atoms with E-state index in [9.17, 15) is 4.39 Å². The van der Waals surface area contributed by atoms with Crippen molar-refractivity contribution >= 4 is 0 Å². The Morgan fingerprint density at radius 3 is 3.14 bits per heavy atom. The summed E-state index contributed by atoms with van der Waals surface area (Å²) in [5.74, 6) is -0.451. The SMILES string of the molecule is Cc1c([C@H]2CN3CCNC[C@@H]3CCO2)ccc(F)c1C#N. The molecule has 2 aliphatic heterocycles. The number of fused-ring (bicyclic) bond motifs is 1. The van der Waals surface area contributed by atoms with Crippen molar-refractivity contribution in [2.75, 3.05) is 32.8 Å². The monoisotopic (exact) mass is 289 g/mol. The maximum Gasteiger partial charge on any atom is 0.141 e. The highest BCUT2D eigenvalue weighted by atomic mass is 19.1. The molecule has 0 aromatic heterocycles. The lowest BCUT2D eigenvalue weighted by Crippen LogP contribution is -2.51. The lowest BCUT2D eigenvalue weighted by atomic mass is 9.97. The van der Waals surface area contributed by atoms with Crippen LogP contribution in [0.2, 0.25) is 0 Å². The summed E-state index contributed by atoms with van der Waals surface area (Å²) in [7, 11) is 0. The summed E-state index contributed by atoms with van der Waals surface area (Å²) in [5, 5.41) is 12.5. The van der Waals surface area contributed by atoms with Crippen molar-refractivity contribution in [3.05, 3.63) is 34.6 Å². The Morgan fingerprint density at radius 2 is 2.33 bits per heavy atom. The molecule has 3 rings (SSSR count). The van der Waals surface area contributed by atoms with Crippen LogP contribution in [0, 0.1) is 24.1 Å². The van der Waals surface area contributed by atoms with Gasteiger partial charge >= 0.3 is 0 Å². The third-order valence-corrected chi connectivity index (χ3v) is 4.56. The van der Waals surface area contributed by atoms with E-state index in [0.717, 1.165) is 38.2 Å². The molecule has 0 unspecified atom stereocenters. The molecule has 1 aromatic carbocycles. The molecule has 1 aromatic rings. The molecule has 0 saturated carbocycles. The molecular formula is C16H20FN3O. The smallest absolute Gasteiger partial charge is 0.141 e. The molecule has 2 fully saturated rings. The van der Waals surface area contributed by atoms with E-state index >= 15 is 0 Å². The number of hydrogen-bond acceptors (Lipinski definition) is 4. The van der Waals surface area contributed by atoms with Gasteiger partial charge in [0, 0.05) is 38.8 Å². The van der Waals surface area contributed by atoms with Gasteiger partial charge in [0.25, 0.3) is 0 Å². The van der Waals surface area contributed by atoms with Crippen LogP contribution in [0.25, 0.3) is 0 Å². The molecule has 112 valence electrons. The molecule has 0 aliphatic carbocycles. The van der Waals surface area contributed by atoms with Crippen molar-refractivity contribution in [2.24, 2.45) is 0 Å². The minimum Gasteiger partial charge on any atom is -0.372 e. The number of halogens is 1. The van der Waals surface area contributed by atoms with Gasteiger partial charge in [0.05, 0.1) is 11.7 Å². The number of nitrogens with one attached hydrogen (secondary N) is 1. The molecule has 2 saturated heterocycles. The Morgan fingerprint density at radius 1 is 1.48 bits per heavy atom. The van der Waals surface area contributed by atoms with E-state index in [-0.39, 0.29) is 11.7 Å². The summed E-state index contributed by atoms with van der Waals surface area (Å²) in [5.41, 5.74) is 1.78. The predicted octanol–water partition coefficient (Wildman–Crippen LogP) is 1.74. The first kappa shape index (κ1) is 14.5. The van der Waals surface area contributed by atoms with Crippen LogP contribution in [-0.2, 0) is 4.74 Å². The Kier molecular flexibility index (Phi) is 4.20. The quantitative estimate of drug-likeness (QED) is 0.855. The fourth-order valence-electron chi connectivity index (χ4n) is 3.31. The highest BCUT2D eigenvalue weighted by molar-refractivity contribution is 5.44. The van der Waals surface area contributed by atoms with E-state index in [1.807, 2.05) is 6.07 Å². The molecule has 2 aliphatic rings. The maximum atomic E-state index is 13.7. The summed E-state index contributed by atoms with van der Waals surface area (Å²) in [4.78, 5) is 2.45. The third kappa shape index (κ3) is 2.80. The van der Waals surface area contributed by atoms with Crippen LogP contribution in [0.15, 0.2) is 12.1 Å². The Hall–Kier alpha value is -1.48. The Bertz CT molecular complexity index is 569. The molecular weight excluding hydrogens is 269 g/mol.